The lowest BCUT2D eigenvalue weighted by atomic mass is 9.73. The Morgan fingerprint density at radius 1 is 1.47 bits per heavy atom. The summed E-state index contributed by atoms with van der Waals surface area (Å²) in [6.45, 7) is 5.74. The molecule has 1 aromatic rings. The van der Waals surface area contributed by atoms with Gasteiger partial charge in [0.2, 0.25) is 0 Å². The quantitative estimate of drug-likeness (QED) is 0.868. The van der Waals surface area contributed by atoms with Gasteiger partial charge in [0.05, 0.1) is 0 Å². The van der Waals surface area contributed by atoms with E-state index in [2.05, 4.69) is 29.2 Å². The van der Waals surface area contributed by atoms with Crippen LogP contribution in [0.15, 0.2) is 6.33 Å². The molecule has 0 bridgehead atoms. The first-order chi connectivity index (χ1) is 8.08. The van der Waals surface area contributed by atoms with Crippen LogP contribution in [0.2, 0.25) is 0 Å². The molecule has 96 valence electrons. The van der Waals surface area contributed by atoms with E-state index >= 15 is 0 Å². The average molecular weight is 236 g/mol. The van der Waals surface area contributed by atoms with Crippen molar-refractivity contribution in [3.63, 3.8) is 0 Å². The van der Waals surface area contributed by atoms with E-state index in [1.54, 1.807) is 11.0 Å². The standard InChI is InChI=1S/C13H24N4/c1-13(2)8-5-4-6-11(13)14-9-7-12-15-10-17(3)16-12/h10-11,14H,4-9H2,1-3H3. The minimum Gasteiger partial charge on any atom is -0.313 e. The van der Waals surface area contributed by atoms with Gasteiger partial charge in [-0.1, -0.05) is 26.7 Å². The number of nitrogens with one attached hydrogen (secondary N) is 1. The van der Waals surface area contributed by atoms with Gasteiger partial charge in [-0.3, -0.25) is 4.68 Å². The van der Waals surface area contributed by atoms with E-state index < -0.39 is 0 Å². The molecule has 1 unspecified atom stereocenters. The largest absolute Gasteiger partial charge is 0.313 e. The van der Waals surface area contributed by atoms with Gasteiger partial charge in [0, 0.05) is 26.1 Å². The van der Waals surface area contributed by atoms with Crippen LogP contribution in [0.5, 0.6) is 0 Å². The summed E-state index contributed by atoms with van der Waals surface area (Å²) in [7, 11) is 1.91. The highest BCUT2D eigenvalue weighted by Gasteiger charge is 2.31. The molecule has 0 radical (unpaired) electrons. The Labute approximate surface area is 104 Å². The van der Waals surface area contributed by atoms with E-state index in [0.717, 1.165) is 18.8 Å². The zero-order valence-electron chi connectivity index (χ0n) is 11.2. The summed E-state index contributed by atoms with van der Waals surface area (Å²) in [5, 5.41) is 7.98. The van der Waals surface area contributed by atoms with Crippen LogP contribution in [0.4, 0.5) is 0 Å². The fraction of sp³-hybridized carbons (Fsp3) is 0.846. The molecule has 1 aliphatic carbocycles. The van der Waals surface area contributed by atoms with Crippen molar-refractivity contribution in [3.05, 3.63) is 12.2 Å². The second kappa shape index (κ2) is 5.17. The van der Waals surface area contributed by atoms with Gasteiger partial charge in [-0.25, -0.2) is 4.98 Å². The Hall–Kier alpha value is -0.900. The van der Waals surface area contributed by atoms with Crippen LogP contribution in [0.3, 0.4) is 0 Å². The average Bonchev–Trinajstić information content (AvgIpc) is 2.67. The van der Waals surface area contributed by atoms with Gasteiger partial charge >= 0.3 is 0 Å². The summed E-state index contributed by atoms with van der Waals surface area (Å²) >= 11 is 0. The predicted molar refractivity (Wildman–Crippen MR) is 68.7 cm³/mol. The monoisotopic (exact) mass is 236 g/mol. The highest BCUT2D eigenvalue weighted by molar-refractivity contribution is 4.89. The number of nitrogens with zero attached hydrogens (tertiary/aromatic N) is 3. The number of aromatic nitrogens is 3. The highest BCUT2D eigenvalue weighted by Crippen LogP contribution is 2.35. The summed E-state index contributed by atoms with van der Waals surface area (Å²) in [5.41, 5.74) is 0.440. The highest BCUT2D eigenvalue weighted by atomic mass is 15.3. The van der Waals surface area contributed by atoms with Crippen molar-refractivity contribution in [2.75, 3.05) is 6.54 Å². The minimum absolute atomic E-state index is 0.440. The zero-order valence-corrected chi connectivity index (χ0v) is 11.2. The van der Waals surface area contributed by atoms with E-state index in [9.17, 15) is 0 Å². The second-order valence-corrected chi connectivity index (χ2v) is 5.83. The summed E-state index contributed by atoms with van der Waals surface area (Å²) in [5.74, 6) is 0.939. The molecule has 1 aromatic heterocycles. The lowest BCUT2D eigenvalue weighted by molar-refractivity contribution is 0.168. The van der Waals surface area contributed by atoms with E-state index in [0.29, 0.717) is 11.5 Å². The molecule has 1 heterocycles. The molecule has 1 fully saturated rings. The molecule has 1 atom stereocenters. The Morgan fingerprint density at radius 3 is 2.94 bits per heavy atom. The maximum absolute atomic E-state index is 4.30. The topological polar surface area (TPSA) is 42.7 Å². The van der Waals surface area contributed by atoms with Crippen molar-refractivity contribution < 1.29 is 0 Å². The smallest absolute Gasteiger partial charge is 0.151 e. The van der Waals surface area contributed by atoms with Crippen molar-refractivity contribution in [2.45, 2.75) is 52.0 Å². The van der Waals surface area contributed by atoms with E-state index in [1.807, 2.05) is 7.05 Å². The van der Waals surface area contributed by atoms with Crippen molar-refractivity contribution in [3.8, 4) is 0 Å². The summed E-state index contributed by atoms with van der Waals surface area (Å²) in [4.78, 5) is 4.25. The van der Waals surface area contributed by atoms with Gasteiger partial charge < -0.3 is 5.32 Å². The first-order valence-electron chi connectivity index (χ1n) is 6.66. The van der Waals surface area contributed by atoms with Crippen LogP contribution in [-0.4, -0.2) is 27.4 Å². The maximum Gasteiger partial charge on any atom is 0.151 e. The molecular weight excluding hydrogens is 212 g/mol. The number of hydrogen-bond donors (Lipinski definition) is 1. The zero-order chi connectivity index (χ0) is 12.3. The van der Waals surface area contributed by atoms with E-state index in [-0.39, 0.29) is 0 Å². The molecule has 4 heteroatoms. The number of hydrogen-bond acceptors (Lipinski definition) is 3. The Morgan fingerprint density at radius 2 is 2.29 bits per heavy atom. The van der Waals surface area contributed by atoms with Gasteiger partial charge in [0.15, 0.2) is 5.82 Å². The summed E-state index contributed by atoms with van der Waals surface area (Å²) in [6.07, 6.45) is 8.08. The molecule has 1 saturated carbocycles. The fourth-order valence-corrected chi connectivity index (χ4v) is 2.73. The van der Waals surface area contributed by atoms with Gasteiger partial charge in [0.1, 0.15) is 6.33 Å². The Balaban J connectivity index is 1.77. The Bertz CT molecular complexity index is 356. The van der Waals surface area contributed by atoms with E-state index in [4.69, 9.17) is 0 Å². The van der Waals surface area contributed by atoms with Crippen LogP contribution >= 0.6 is 0 Å². The third-order valence-corrected chi connectivity index (χ3v) is 3.89. The molecule has 0 amide bonds. The first kappa shape index (κ1) is 12.6. The molecule has 1 aliphatic rings. The van der Waals surface area contributed by atoms with Gasteiger partial charge in [-0.2, -0.15) is 5.10 Å². The van der Waals surface area contributed by atoms with Gasteiger partial charge in [-0.15, -0.1) is 0 Å². The van der Waals surface area contributed by atoms with Crippen molar-refractivity contribution in [1.82, 2.24) is 20.1 Å². The molecule has 17 heavy (non-hydrogen) atoms. The van der Waals surface area contributed by atoms with Crippen molar-refractivity contribution >= 4 is 0 Å². The van der Waals surface area contributed by atoms with Crippen LogP contribution in [-0.2, 0) is 13.5 Å². The molecule has 1 N–H and O–H groups in total. The van der Waals surface area contributed by atoms with E-state index in [1.165, 1.54) is 25.7 Å². The van der Waals surface area contributed by atoms with Gasteiger partial charge in [0.25, 0.3) is 0 Å². The molecule has 2 rings (SSSR count). The molecule has 0 spiro atoms. The molecule has 0 aromatic carbocycles. The summed E-state index contributed by atoms with van der Waals surface area (Å²) in [6, 6.07) is 0.653. The van der Waals surface area contributed by atoms with Crippen molar-refractivity contribution in [2.24, 2.45) is 12.5 Å². The SMILES string of the molecule is Cn1cnc(CCNC2CCCCC2(C)C)n1. The lowest BCUT2D eigenvalue weighted by Crippen LogP contribution is -2.44. The first-order valence-corrected chi connectivity index (χ1v) is 6.66. The van der Waals surface area contributed by atoms with Crippen LogP contribution < -0.4 is 5.32 Å². The normalized spacial score (nSPS) is 23.8. The lowest BCUT2D eigenvalue weighted by Gasteiger charge is -2.39. The minimum atomic E-state index is 0.440. The Kier molecular flexibility index (Phi) is 3.82. The predicted octanol–water partition coefficient (Wildman–Crippen LogP) is 1.92. The number of rotatable bonds is 4. The summed E-state index contributed by atoms with van der Waals surface area (Å²) < 4.78 is 1.76. The van der Waals surface area contributed by atoms with Gasteiger partial charge in [-0.05, 0) is 18.3 Å². The molecule has 0 saturated heterocycles. The molecule has 4 nitrogen and oxygen atoms in total. The van der Waals surface area contributed by atoms with Crippen LogP contribution in [0.1, 0.15) is 45.4 Å². The van der Waals surface area contributed by atoms with Crippen LogP contribution in [0, 0.1) is 5.41 Å². The van der Waals surface area contributed by atoms with Crippen LogP contribution in [0.25, 0.3) is 0 Å². The molecule has 0 aliphatic heterocycles. The van der Waals surface area contributed by atoms with Crippen molar-refractivity contribution in [1.29, 1.82) is 0 Å². The second-order valence-electron chi connectivity index (χ2n) is 5.83. The third-order valence-electron chi connectivity index (χ3n) is 3.89. The number of aryl methyl sites for hydroxylation is 1. The fourth-order valence-electron chi connectivity index (χ4n) is 2.73. The maximum atomic E-state index is 4.30. The third kappa shape index (κ3) is 3.28. The molecular formula is C13H24N4.